The average molecular weight is 232 g/mol. The summed E-state index contributed by atoms with van der Waals surface area (Å²) in [6, 6.07) is 0. The number of ketones is 1. The zero-order valence-corrected chi connectivity index (χ0v) is 11.5. The fraction of sp³-hybridized carbons (Fsp3) is 0.812. The lowest BCUT2D eigenvalue weighted by Gasteiger charge is -2.37. The second-order valence-corrected chi connectivity index (χ2v) is 7.71. The minimum atomic E-state index is 0.138. The van der Waals surface area contributed by atoms with Gasteiger partial charge >= 0.3 is 0 Å². The molecule has 3 unspecified atom stereocenters. The molecule has 0 saturated heterocycles. The van der Waals surface area contributed by atoms with E-state index >= 15 is 0 Å². The Morgan fingerprint density at radius 2 is 1.94 bits per heavy atom. The van der Waals surface area contributed by atoms with Crippen LogP contribution >= 0.6 is 0 Å². The molecule has 0 aromatic rings. The predicted octanol–water partition coefficient (Wildman–Crippen LogP) is 3.98. The predicted molar refractivity (Wildman–Crippen MR) is 69.6 cm³/mol. The molecule has 17 heavy (non-hydrogen) atoms. The first-order chi connectivity index (χ1) is 7.83. The molecule has 1 heteroatoms. The zero-order chi connectivity index (χ0) is 12.4. The summed E-state index contributed by atoms with van der Waals surface area (Å²) >= 11 is 0. The summed E-state index contributed by atoms with van der Waals surface area (Å²) in [5.41, 5.74) is 2.18. The molecular weight excluding hydrogens is 208 g/mol. The molecule has 2 fully saturated rings. The van der Waals surface area contributed by atoms with Crippen molar-refractivity contribution in [3.63, 3.8) is 0 Å². The first kappa shape index (κ1) is 11.5. The molecule has 0 bridgehead atoms. The highest BCUT2D eigenvalue weighted by Gasteiger charge is 2.58. The van der Waals surface area contributed by atoms with Crippen LogP contribution in [0, 0.1) is 28.6 Å². The second kappa shape index (κ2) is 3.24. The van der Waals surface area contributed by atoms with Crippen LogP contribution in [0.4, 0.5) is 0 Å². The quantitative estimate of drug-likeness (QED) is 0.577. The number of hydrogen-bond donors (Lipinski definition) is 0. The highest BCUT2D eigenvalue weighted by atomic mass is 16.1. The van der Waals surface area contributed by atoms with E-state index in [-0.39, 0.29) is 5.41 Å². The van der Waals surface area contributed by atoms with Crippen LogP contribution in [-0.2, 0) is 4.79 Å². The molecule has 0 aromatic heterocycles. The van der Waals surface area contributed by atoms with E-state index < -0.39 is 0 Å². The van der Waals surface area contributed by atoms with Gasteiger partial charge in [-0.1, -0.05) is 39.3 Å². The van der Waals surface area contributed by atoms with E-state index in [0.717, 1.165) is 12.8 Å². The number of carbonyl (C=O) groups is 1. The molecule has 0 spiro atoms. The van der Waals surface area contributed by atoms with Crippen molar-refractivity contribution in [1.82, 2.24) is 0 Å². The molecule has 0 amide bonds. The molecule has 3 aliphatic carbocycles. The molecule has 0 radical (unpaired) electrons. The Hall–Kier alpha value is -0.590. The molecule has 2 saturated carbocycles. The Morgan fingerprint density at radius 3 is 2.65 bits per heavy atom. The van der Waals surface area contributed by atoms with Gasteiger partial charge in [0.2, 0.25) is 0 Å². The SMILES string of the molecule is CC1(C)CC=C2C(C1)C1CCC(=O)C1C2(C)C. The van der Waals surface area contributed by atoms with Crippen LogP contribution < -0.4 is 0 Å². The summed E-state index contributed by atoms with van der Waals surface area (Å²) in [4.78, 5) is 12.1. The van der Waals surface area contributed by atoms with Crippen molar-refractivity contribution in [2.24, 2.45) is 28.6 Å². The minimum absolute atomic E-state index is 0.138. The summed E-state index contributed by atoms with van der Waals surface area (Å²) < 4.78 is 0. The Bertz CT molecular complexity index is 400. The molecule has 0 N–H and O–H groups in total. The molecule has 0 aromatic carbocycles. The van der Waals surface area contributed by atoms with E-state index in [9.17, 15) is 4.79 Å². The van der Waals surface area contributed by atoms with Gasteiger partial charge in [0.05, 0.1) is 0 Å². The third-order valence-corrected chi connectivity index (χ3v) is 5.58. The Balaban J connectivity index is 2.04. The minimum Gasteiger partial charge on any atom is -0.299 e. The highest BCUT2D eigenvalue weighted by molar-refractivity contribution is 5.85. The van der Waals surface area contributed by atoms with Crippen molar-refractivity contribution in [2.45, 2.75) is 53.4 Å². The lowest BCUT2D eigenvalue weighted by molar-refractivity contribution is -0.123. The van der Waals surface area contributed by atoms with Crippen molar-refractivity contribution >= 4 is 5.78 Å². The number of allylic oxidation sites excluding steroid dienone is 2. The third kappa shape index (κ3) is 1.47. The molecule has 1 nitrogen and oxygen atoms in total. The maximum atomic E-state index is 12.1. The normalized spacial score (nSPS) is 42.0. The van der Waals surface area contributed by atoms with E-state index in [1.54, 1.807) is 5.57 Å². The maximum absolute atomic E-state index is 12.1. The van der Waals surface area contributed by atoms with E-state index in [2.05, 4.69) is 33.8 Å². The average Bonchev–Trinajstić information content (AvgIpc) is 2.66. The van der Waals surface area contributed by atoms with Crippen molar-refractivity contribution in [3.8, 4) is 0 Å². The third-order valence-electron chi connectivity index (χ3n) is 5.58. The fourth-order valence-corrected chi connectivity index (χ4v) is 4.87. The summed E-state index contributed by atoms with van der Waals surface area (Å²) in [5, 5.41) is 0. The zero-order valence-electron chi connectivity index (χ0n) is 11.5. The topological polar surface area (TPSA) is 17.1 Å². The van der Waals surface area contributed by atoms with Crippen LogP contribution in [0.15, 0.2) is 11.6 Å². The van der Waals surface area contributed by atoms with Crippen LogP contribution in [0.5, 0.6) is 0 Å². The number of carbonyl (C=O) groups excluding carboxylic acids is 1. The van der Waals surface area contributed by atoms with Crippen LogP contribution in [-0.4, -0.2) is 5.78 Å². The van der Waals surface area contributed by atoms with Gasteiger partial charge in [0.25, 0.3) is 0 Å². The molecule has 0 aliphatic heterocycles. The van der Waals surface area contributed by atoms with Crippen LogP contribution in [0.25, 0.3) is 0 Å². The summed E-state index contributed by atoms with van der Waals surface area (Å²) in [5.74, 6) is 2.22. The van der Waals surface area contributed by atoms with Gasteiger partial charge in [-0.3, -0.25) is 4.79 Å². The van der Waals surface area contributed by atoms with Crippen LogP contribution in [0.1, 0.15) is 53.4 Å². The highest BCUT2D eigenvalue weighted by Crippen LogP contribution is 2.63. The molecule has 3 atom stereocenters. The first-order valence-electron chi connectivity index (χ1n) is 7.06. The van der Waals surface area contributed by atoms with Crippen molar-refractivity contribution in [1.29, 1.82) is 0 Å². The number of rotatable bonds is 0. The Morgan fingerprint density at radius 1 is 1.24 bits per heavy atom. The molecule has 3 rings (SSSR count). The second-order valence-electron chi connectivity index (χ2n) is 7.71. The van der Waals surface area contributed by atoms with Crippen molar-refractivity contribution in [2.75, 3.05) is 0 Å². The molecule has 0 heterocycles. The van der Waals surface area contributed by atoms with E-state index in [4.69, 9.17) is 0 Å². The number of Topliss-reactive ketones (excluding diaryl/α,β-unsaturated/α-hetero) is 1. The molecule has 3 aliphatic rings. The lowest BCUT2D eigenvalue weighted by atomic mass is 9.68. The smallest absolute Gasteiger partial charge is 0.137 e. The monoisotopic (exact) mass is 232 g/mol. The number of hydrogen-bond acceptors (Lipinski definition) is 1. The van der Waals surface area contributed by atoms with Crippen LogP contribution in [0.3, 0.4) is 0 Å². The molecular formula is C16H24O. The summed E-state index contributed by atoms with van der Waals surface area (Å²) in [6.07, 6.45) is 6.93. The number of fused-ring (bicyclic) bond motifs is 3. The van der Waals surface area contributed by atoms with Gasteiger partial charge in [0.15, 0.2) is 0 Å². The van der Waals surface area contributed by atoms with E-state index in [0.29, 0.717) is 29.0 Å². The standard InChI is InChI=1S/C16H24O/c1-15(2)8-7-12-11(9-15)10-5-6-13(17)14(10)16(12,3)4/h7,10-11,14H,5-6,8-9H2,1-4H3. The van der Waals surface area contributed by atoms with Crippen molar-refractivity contribution < 1.29 is 4.79 Å². The fourth-order valence-electron chi connectivity index (χ4n) is 4.87. The molecule has 94 valence electrons. The van der Waals surface area contributed by atoms with Crippen molar-refractivity contribution in [3.05, 3.63) is 11.6 Å². The van der Waals surface area contributed by atoms with Crippen LogP contribution in [0.2, 0.25) is 0 Å². The maximum Gasteiger partial charge on any atom is 0.137 e. The van der Waals surface area contributed by atoms with E-state index in [1.807, 2.05) is 0 Å². The van der Waals surface area contributed by atoms with Gasteiger partial charge in [0, 0.05) is 12.3 Å². The first-order valence-corrected chi connectivity index (χ1v) is 7.06. The van der Waals surface area contributed by atoms with Gasteiger partial charge in [-0.05, 0) is 41.9 Å². The van der Waals surface area contributed by atoms with Gasteiger partial charge in [-0.25, -0.2) is 0 Å². The lowest BCUT2D eigenvalue weighted by Crippen LogP contribution is -2.27. The summed E-state index contributed by atoms with van der Waals surface area (Å²) in [7, 11) is 0. The van der Waals surface area contributed by atoms with Gasteiger partial charge in [-0.2, -0.15) is 0 Å². The Kier molecular flexibility index (Phi) is 2.19. The van der Waals surface area contributed by atoms with Gasteiger partial charge in [-0.15, -0.1) is 0 Å². The van der Waals surface area contributed by atoms with Gasteiger partial charge < -0.3 is 0 Å². The van der Waals surface area contributed by atoms with E-state index in [1.165, 1.54) is 12.8 Å². The summed E-state index contributed by atoms with van der Waals surface area (Å²) in [6.45, 7) is 9.35. The Labute approximate surface area is 105 Å². The largest absolute Gasteiger partial charge is 0.299 e. The van der Waals surface area contributed by atoms with Gasteiger partial charge in [0.1, 0.15) is 5.78 Å².